The van der Waals surface area contributed by atoms with E-state index in [4.69, 9.17) is 5.73 Å². The van der Waals surface area contributed by atoms with E-state index in [1.165, 1.54) is 6.07 Å². The molecule has 2 aromatic rings. The average Bonchev–Trinajstić information content (AvgIpc) is 2.32. The Bertz CT molecular complexity index is 474. The molecule has 2 nitrogen and oxygen atoms in total. The van der Waals surface area contributed by atoms with Gasteiger partial charge in [-0.2, -0.15) is 0 Å². The van der Waals surface area contributed by atoms with Gasteiger partial charge in [-0.3, -0.25) is 4.98 Å². The third-order valence-corrected chi connectivity index (χ3v) is 3.20. The van der Waals surface area contributed by atoms with Crippen LogP contribution in [0.1, 0.15) is 5.56 Å². The van der Waals surface area contributed by atoms with Crippen molar-refractivity contribution in [1.29, 1.82) is 0 Å². The number of nitrogen functional groups attached to an aromatic ring is 1. The van der Waals surface area contributed by atoms with E-state index in [1.54, 1.807) is 30.2 Å². The number of nitrogens with two attached hydrogens (primary N) is 1. The van der Waals surface area contributed by atoms with E-state index in [0.717, 1.165) is 16.2 Å². The number of rotatable bonds is 3. The minimum absolute atomic E-state index is 0.192. The number of thioether (sulfide) groups is 1. The van der Waals surface area contributed by atoms with Crippen LogP contribution in [0.3, 0.4) is 0 Å². The largest absolute Gasteiger partial charge is 0.396 e. The maximum Gasteiger partial charge on any atom is 0.146 e. The molecule has 1 heterocycles. The van der Waals surface area contributed by atoms with Gasteiger partial charge < -0.3 is 5.73 Å². The third-order valence-electron chi connectivity index (χ3n) is 2.12. The van der Waals surface area contributed by atoms with E-state index >= 15 is 0 Å². The first kappa shape index (κ1) is 11.0. The van der Waals surface area contributed by atoms with E-state index < -0.39 is 0 Å². The van der Waals surface area contributed by atoms with Crippen molar-refractivity contribution >= 4 is 17.4 Å². The highest BCUT2D eigenvalue weighted by atomic mass is 32.2. The van der Waals surface area contributed by atoms with Crippen LogP contribution in [-0.4, -0.2) is 4.98 Å². The van der Waals surface area contributed by atoms with E-state index in [2.05, 4.69) is 4.98 Å². The molecule has 2 rings (SSSR count). The Labute approximate surface area is 97.7 Å². The molecule has 0 fully saturated rings. The fraction of sp³-hybridized carbons (Fsp3) is 0.0833. The Morgan fingerprint density at radius 2 is 1.94 bits per heavy atom. The normalized spacial score (nSPS) is 10.3. The van der Waals surface area contributed by atoms with Crippen molar-refractivity contribution in [3.8, 4) is 0 Å². The van der Waals surface area contributed by atoms with Crippen molar-refractivity contribution in [3.63, 3.8) is 0 Å². The Balaban J connectivity index is 2.03. The van der Waals surface area contributed by atoms with Crippen molar-refractivity contribution in [3.05, 3.63) is 54.1 Å². The molecule has 1 aromatic heterocycles. The molecule has 0 aliphatic carbocycles. The summed E-state index contributed by atoms with van der Waals surface area (Å²) in [7, 11) is 0. The summed E-state index contributed by atoms with van der Waals surface area (Å²) in [5.74, 6) is 0.370. The second kappa shape index (κ2) is 4.99. The van der Waals surface area contributed by atoms with Crippen molar-refractivity contribution in [2.45, 2.75) is 10.6 Å². The van der Waals surface area contributed by atoms with Crippen LogP contribution in [0.15, 0.2) is 47.6 Å². The molecule has 0 saturated heterocycles. The molecule has 16 heavy (non-hydrogen) atoms. The van der Waals surface area contributed by atoms with Gasteiger partial charge in [0.15, 0.2) is 0 Å². The van der Waals surface area contributed by atoms with E-state index in [1.807, 2.05) is 18.2 Å². The minimum Gasteiger partial charge on any atom is -0.396 e. The number of hydrogen-bond donors (Lipinski definition) is 1. The molecular formula is C12H11FN2S. The van der Waals surface area contributed by atoms with Gasteiger partial charge in [-0.25, -0.2) is 4.39 Å². The first-order valence-electron chi connectivity index (χ1n) is 4.82. The van der Waals surface area contributed by atoms with Crippen LogP contribution >= 0.6 is 11.8 Å². The molecule has 0 aliphatic heterocycles. The zero-order valence-corrected chi connectivity index (χ0v) is 9.38. The molecule has 2 N–H and O–H groups in total. The van der Waals surface area contributed by atoms with Gasteiger partial charge in [0.25, 0.3) is 0 Å². The SMILES string of the molecule is Nc1ccc(CSc2ccncc2)cc1F. The van der Waals surface area contributed by atoms with Gasteiger partial charge in [0.1, 0.15) is 5.82 Å². The lowest BCUT2D eigenvalue weighted by Crippen LogP contribution is -1.91. The van der Waals surface area contributed by atoms with E-state index in [9.17, 15) is 4.39 Å². The Morgan fingerprint density at radius 1 is 1.19 bits per heavy atom. The second-order valence-corrected chi connectivity index (χ2v) is 4.38. The number of hydrogen-bond acceptors (Lipinski definition) is 3. The first-order valence-corrected chi connectivity index (χ1v) is 5.81. The highest BCUT2D eigenvalue weighted by Gasteiger charge is 2.00. The third kappa shape index (κ3) is 2.73. The highest BCUT2D eigenvalue weighted by Crippen LogP contribution is 2.23. The second-order valence-electron chi connectivity index (χ2n) is 3.33. The molecule has 0 radical (unpaired) electrons. The number of anilines is 1. The summed E-state index contributed by atoms with van der Waals surface area (Å²) in [4.78, 5) is 5.05. The maximum absolute atomic E-state index is 13.2. The lowest BCUT2D eigenvalue weighted by atomic mass is 10.2. The van der Waals surface area contributed by atoms with Gasteiger partial charge >= 0.3 is 0 Å². The number of aromatic nitrogens is 1. The van der Waals surface area contributed by atoms with Crippen molar-refractivity contribution in [2.24, 2.45) is 0 Å². The smallest absolute Gasteiger partial charge is 0.146 e. The Morgan fingerprint density at radius 3 is 2.62 bits per heavy atom. The summed E-state index contributed by atoms with van der Waals surface area (Å²) >= 11 is 1.64. The molecule has 0 amide bonds. The molecule has 82 valence electrons. The van der Waals surface area contributed by atoms with Crippen LogP contribution in [0.25, 0.3) is 0 Å². The van der Waals surface area contributed by atoms with Gasteiger partial charge in [0.2, 0.25) is 0 Å². The standard InChI is InChI=1S/C12H11FN2S/c13-11-7-9(1-2-12(11)14)8-16-10-3-5-15-6-4-10/h1-7H,8,14H2. The molecule has 0 unspecified atom stereocenters. The van der Waals surface area contributed by atoms with E-state index in [0.29, 0.717) is 0 Å². The van der Waals surface area contributed by atoms with Crippen LogP contribution in [0, 0.1) is 5.82 Å². The number of nitrogens with zero attached hydrogens (tertiary/aromatic N) is 1. The molecule has 4 heteroatoms. The van der Waals surface area contributed by atoms with Crippen LogP contribution in [0.2, 0.25) is 0 Å². The van der Waals surface area contributed by atoms with Gasteiger partial charge in [0.05, 0.1) is 5.69 Å². The van der Waals surface area contributed by atoms with Crippen LogP contribution in [-0.2, 0) is 5.75 Å². The summed E-state index contributed by atoms with van der Waals surface area (Å²) in [6, 6.07) is 8.77. The zero-order valence-electron chi connectivity index (χ0n) is 8.56. The molecule has 0 atom stereocenters. The molecule has 0 spiro atoms. The molecular weight excluding hydrogens is 223 g/mol. The summed E-state index contributed by atoms with van der Waals surface area (Å²) in [5, 5.41) is 0. The molecule has 1 aromatic carbocycles. The first-order chi connectivity index (χ1) is 7.75. The summed E-state index contributed by atoms with van der Waals surface area (Å²) in [6.07, 6.45) is 3.48. The summed E-state index contributed by atoms with van der Waals surface area (Å²) < 4.78 is 13.2. The maximum atomic E-state index is 13.2. The molecule has 0 aliphatic rings. The fourth-order valence-electron chi connectivity index (χ4n) is 1.26. The van der Waals surface area contributed by atoms with Gasteiger partial charge in [-0.05, 0) is 29.8 Å². The predicted molar refractivity (Wildman–Crippen MR) is 64.6 cm³/mol. The van der Waals surface area contributed by atoms with Crippen LogP contribution < -0.4 is 5.73 Å². The van der Waals surface area contributed by atoms with Crippen molar-refractivity contribution in [2.75, 3.05) is 5.73 Å². The lowest BCUT2D eigenvalue weighted by molar-refractivity contribution is 0.631. The minimum atomic E-state index is -0.354. The molecule has 0 saturated carbocycles. The van der Waals surface area contributed by atoms with Gasteiger partial charge in [-0.15, -0.1) is 11.8 Å². The number of halogens is 1. The van der Waals surface area contributed by atoms with Crippen LogP contribution in [0.5, 0.6) is 0 Å². The predicted octanol–water partition coefficient (Wildman–Crippen LogP) is 3.10. The van der Waals surface area contributed by atoms with E-state index in [-0.39, 0.29) is 11.5 Å². The molecule has 0 bridgehead atoms. The van der Waals surface area contributed by atoms with Crippen molar-refractivity contribution < 1.29 is 4.39 Å². The Kier molecular flexibility index (Phi) is 3.41. The number of benzene rings is 1. The number of pyridine rings is 1. The fourth-order valence-corrected chi connectivity index (χ4v) is 2.09. The van der Waals surface area contributed by atoms with Gasteiger partial charge in [-0.1, -0.05) is 6.07 Å². The summed E-state index contributed by atoms with van der Waals surface area (Å²) in [6.45, 7) is 0. The monoisotopic (exact) mass is 234 g/mol. The summed E-state index contributed by atoms with van der Waals surface area (Å²) in [5.41, 5.74) is 6.52. The topological polar surface area (TPSA) is 38.9 Å². The lowest BCUT2D eigenvalue weighted by Gasteiger charge is -2.03. The Hall–Kier alpha value is -1.55. The van der Waals surface area contributed by atoms with Crippen LogP contribution in [0.4, 0.5) is 10.1 Å². The van der Waals surface area contributed by atoms with Crippen molar-refractivity contribution in [1.82, 2.24) is 4.98 Å². The zero-order chi connectivity index (χ0) is 11.4. The van der Waals surface area contributed by atoms with Gasteiger partial charge in [0, 0.05) is 23.0 Å². The average molecular weight is 234 g/mol. The highest BCUT2D eigenvalue weighted by molar-refractivity contribution is 7.98. The quantitative estimate of drug-likeness (QED) is 0.655.